The van der Waals surface area contributed by atoms with E-state index in [4.69, 9.17) is 34.7 Å². The summed E-state index contributed by atoms with van der Waals surface area (Å²) in [5, 5.41) is 0.829. The third-order valence-corrected chi connectivity index (χ3v) is 2.48. The molecule has 1 heterocycles. The monoisotopic (exact) mass is 228 g/mol. The second-order valence-electron chi connectivity index (χ2n) is 2.75. The molecule has 0 atom stereocenters. The number of aromatic nitrogens is 2. The van der Waals surface area contributed by atoms with E-state index in [-0.39, 0.29) is 11.6 Å². The molecule has 72 valence electrons. The van der Waals surface area contributed by atoms with Gasteiger partial charge in [0.05, 0.1) is 21.1 Å². The highest BCUT2D eigenvalue weighted by Gasteiger charge is 2.06. The molecule has 2 rings (SSSR count). The number of benzene rings is 1. The minimum Gasteiger partial charge on any atom is -0.381 e. The van der Waals surface area contributed by atoms with Crippen LogP contribution >= 0.6 is 23.2 Å². The van der Waals surface area contributed by atoms with E-state index in [1.165, 1.54) is 0 Å². The van der Waals surface area contributed by atoms with E-state index < -0.39 is 0 Å². The van der Waals surface area contributed by atoms with Gasteiger partial charge in [0.1, 0.15) is 0 Å². The van der Waals surface area contributed by atoms with Gasteiger partial charge >= 0.3 is 0 Å². The summed E-state index contributed by atoms with van der Waals surface area (Å²) in [6, 6.07) is 3.20. The molecule has 1 aromatic heterocycles. The van der Waals surface area contributed by atoms with Gasteiger partial charge in [-0.15, -0.1) is 0 Å². The topological polar surface area (TPSA) is 77.8 Å². The van der Waals surface area contributed by atoms with Gasteiger partial charge in [-0.05, 0) is 12.1 Å². The molecule has 0 saturated heterocycles. The van der Waals surface area contributed by atoms with Crippen LogP contribution in [0.5, 0.6) is 0 Å². The molecule has 2 aromatic rings. The van der Waals surface area contributed by atoms with Gasteiger partial charge in [-0.3, -0.25) is 0 Å². The lowest BCUT2D eigenvalue weighted by Gasteiger charge is -2.03. The van der Waals surface area contributed by atoms with Crippen LogP contribution in [0, 0.1) is 0 Å². The van der Waals surface area contributed by atoms with Gasteiger partial charge in [0.15, 0.2) is 11.6 Å². The summed E-state index contributed by atoms with van der Waals surface area (Å²) in [5.74, 6) is 0.381. The number of nitrogens with two attached hydrogens (primary N) is 2. The van der Waals surface area contributed by atoms with E-state index in [1.54, 1.807) is 12.1 Å². The lowest BCUT2D eigenvalue weighted by Crippen LogP contribution is -2.01. The summed E-state index contributed by atoms with van der Waals surface area (Å²) < 4.78 is 0. The maximum atomic E-state index is 5.81. The second-order valence-corrected chi connectivity index (χ2v) is 3.56. The quantitative estimate of drug-likeness (QED) is 0.725. The molecule has 4 nitrogen and oxygen atoms in total. The molecule has 0 bridgehead atoms. The molecule has 0 saturated carbocycles. The van der Waals surface area contributed by atoms with Crippen LogP contribution in [0.25, 0.3) is 11.0 Å². The maximum Gasteiger partial charge on any atom is 0.166 e. The summed E-state index contributed by atoms with van der Waals surface area (Å²) in [7, 11) is 0. The molecule has 0 spiro atoms. The van der Waals surface area contributed by atoms with Crippen molar-refractivity contribution in [2.45, 2.75) is 0 Å². The normalized spacial score (nSPS) is 10.7. The van der Waals surface area contributed by atoms with Crippen LogP contribution in [0.4, 0.5) is 11.6 Å². The minimum absolute atomic E-state index is 0.191. The van der Waals surface area contributed by atoms with Crippen LogP contribution < -0.4 is 11.5 Å². The number of hydrogen-bond donors (Lipinski definition) is 2. The van der Waals surface area contributed by atoms with Gasteiger partial charge in [-0.2, -0.15) is 0 Å². The van der Waals surface area contributed by atoms with Crippen molar-refractivity contribution in [1.82, 2.24) is 9.97 Å². The zero-order valence-electron chi connectivity index (χ0n) is 6.96. The van der Waals surface area contributed by atoms with Crippen molar-refractivity contribution < 1.29 is 0 Å². The predicted molar refractivity (Wildman–Crippen MR) is 58.4 cm³/mol. The number of fused-ring (bicyclic) bond motifs is 1. The van der Waals surface area contributed by atoms with Gasteiger partial charge in [0.2, 0.25) is 0 Å². The Bertz CT molecular complexity index is 423. The molecule has 1 aromatic carbocycles. The molecular weight excluding hydrogens is 223 g/mol. The third kappa shape index (κ3) is 1.42. The van der Waals surface area contributed by atoms with E-state index in [2.05, 4.69) is 9.97 Å². The average Bonchev–Trinajstić information content (AvgIpc) is 2.11. The number of nitrogens with zero attached hydrogens (tertiary/aromatic N) is 2. The van der Waals surface area contributed by atoms with Crippen LogP contribution in [0.15, 0.2) is 12.1 Å². The van der Waals surface area contributed by atoms with Crippen LogP contribution in [0.3, 0.4) is 0 Å². The number of rotatable bonds is 0. The molecule has 0 fully saturated rings. The molecule has 0 aliphatic carbocycles. The molecule has 0 aliphatic heterocycles. The first-order valence-corrected chi connectivity index (χ1v) is 4.51. The van der Waals surface area contributed by atoms with E-state index in [0.29, 0.717) is 21.1 Å². The largest absolute Gasteiger partial charge is 0.381 e. The molecule has 0 radical (unpaired) electrons. The smallest absolute Gasteiger partial charge is 0.166 e. The standard InChI is InChI=1S/C8H6Cl2N4/c9-3-1-5-6(2-4(3)10)14-8(12)7(11)13-5/h1-2H,(H2,11,13)(H2,12,14). The first kappa shape index (κ1) is 9.30. The number of halogens is 2. The van der Waals surface area contributed by atoms with Gasteiger partial charge in [0.25, 0.3) is 0 Å². The van der Waals surface area contributed by atoms with E-state index in [0.717, 1.165) is 0 Å². The zero-order chi connectivity index (χ0) is 10.3. The third-order valence-electron chi connectivity index (χ3n) is 1.76. The second kappa shape index (κ2) is 3.15. The fourth-order valence-corrected chi connectivity index (χ4v) is 1.39. The molecule has 4 N–H and O–H groups in total. The van der Waals surface area contributed by atoms with Crippen molar-refractivity contribution in [1.29, 1.82) is 0 Å². The molecule has 14 heavy (non-hydrogen) atoms. The molecule has 6 heteroatoms. The maximum absolute atomic E-state index is 5.81. The number of hydrogen-bond acceptors (Lipinski definition) is 4. The lowest BCUT2D eigenvalue weighted by molar-refractivity contribution is 1.31. The highest BCUT2D eigenvalue weighted by atomic mass is 35.5. The first-order chi connectivity index (χ1) is 6.58. The Balaban J connectivity index is 2.83. The minimum atomic E-state index is 0.191. The van der Waals surface area contributed by atoms with Gasteiger partial charge < -0.3 is 11.5 Å². The van der Waals surface area contributed by atoms with Crippen LogP contribution in [0.2, 0.25) is 10.0 Å². The van der Waals surface area contributed by atoms with Crippen molar-refractivity contribution >= 4 is 45.9 Å². The Labute approximate surface area is 89.8 Å². The fraction of sp³-hybridized carbons (Fsp3) is 0. The SMILES string of the molecule is Nc1nc2cc(Cl)c(Cl)cc2nc1N. The highest BCUT2D eigenvalue weighted by Crippen LogP contribution is 2.27. The first-order valence-electron chi connectivity index (χ1n) is 3.75. The highest BCUT2D eigenvalue weighted by molar-refractivity contribution is 6.42. The summed E-state index contributed by atoms with van der Waals surface area (Å²) in [4.78, 5) is 8.05. The Kier molecular flexibility index (Phi) is 2.09. The zero-order valence-corrected chi connectivity index (χ0v) is 8.47. The molecule has 0 aliphatic rings. The van der Waals surface area contributed by atoms with Crippen LogP contribution in [0.1, 0.15) is 0 Å². The number of anilines is 2. The van der Waals surface area contributed by atoms with Gasteiger partial charge in [-0.25, -0.2) is 9.97 Å². The molecule has 0 amide bonds. The van der Waals surface area contributed by atoms with Crippen LogP contribution in [-0.2, 0) is 0 Å². The van der Waals surface area contributed by atoms with Crippen molar-refractivity contribution in [2.75, 3.05) is 11.5 Å². The molecule has 0 unspecified atom stereocenters. The average molecular weight is 229 g/mol. The van der Waals surface area contributed by atoms with E-state index in [1.807, 2.05) is 0 Å². The summed E-state index contributed by atoms with van der Waals surface area (Å²) >= 11 is 11.6. The lowest BCUT2D eigenvalue weighted by atomic mass is 10.3. The Morgan fingerprint density at radius 2 is 1.21 bits per heavy atom. The Hall–Kier alpha value is -1.26. The van der Waals surface area contributed by atoms with E-state index in [9.17, 15) is 0 Å². The summed E-state index contributed by atoms with van der Waals surface area (Å²) in [6.45, 7) is 0. The van der Waals surface area contributed by atoms with Gasteiger partial charge in [-0.1, -0.05) is 23.2 Å². The van der Waals surface area contributed by atoms with Crippen molar-refractivity contribution in [3.8, 4) is 0 Å². The van der Waals surface area contributed by atoms with Crippen molar-refractivity contribution in [2.24, 2.45) is 0 Å². The van der Waals surface area contributed by atoms with Crippen molar-refractivity contribution in [3.05, 3.63) is 22.2 Å². The van der Waals surface area contributed by atoms with E-state index >= 15 is 0 Å². The van der Waals surface area contributed by atoms with Gasteiger partial charge in [0, 0.05) is 0 Å². The molecular formula is C8H6Cl2N4. The van der Waals surface area contributed by atoms with Crippen molar-refractivity contribution in [3.63, 3.8) is 0 Å². The Morgan fingerprint density at radius 3 is 1.57 bits per heavy atom. The Morgan fingerprint density at radius 1 is 0.857 bits per heavy atom. The fourth-order valence-electron chi connectivity index (χ4n) is 1.08. The van der Waals surface area contributed by atoms with Crippen LogP contribution in [-0.4, -0.2) is 9.97 Å². The predicted octanol–water partition coefficient (Wildman–Crippen LogP) is 2.10. The summed E-state index contributed by atoms with van der Waals surface area (Å²) in [5.41, 5.74) is 12.1. The summed E-state index contributed by atoms with van der Waals surface area (Å²) in [6.07, 6.45) is 0. The number of nitrogen functional groups attached to an aromatic ring is 2.